The van der Waals surface area contributed by atoms with Crippen molar-refractivity contribution in [3.8, 4) is 0 Å². The Hall–Kier alpha value is -2.65. The van der Waals surface area contributed by atoms with E-state index in [0.717, 1.165) is 17.4 Å². The zero-order chi connectivity index (χ0) is 21.8. The zero-order valence-electron chi connectivity index (χ0n) is 16.3. The van der Waals surface area contributed by atoms with Crippen LogP contribution in [0.3, 0.4) is 0 Å². The number of hydrogen-bond acceptors (Lipinski definition) is 5. The molecule has 0 fully saturated rings. The van der Waals surface area contributed by atoms with E-state index in [9.17, 15) is 23.3 Å². The highest BCUT2D eigenvalue weighted by Crippen LogP contribution is 2.27. The summed E-state index contributed by atoms with van der Waals surface area (Å²) in [5.74, 6) is -0.415. The average Bonchev–Trinajstić information content (AvgIpc) is 2.61. The second-order valence-electron chi connectivity index (χ2n) is 6.70. The number of carbonyl (C=O) groups is 1. The van der Waals surface area contributed by atoms with Gasteiger partial charge in [-0.25, -0.2) is 8.42 Å². The number of nitro groups is 1. The average molecular weight is 440 g/mol. The van der Waals surface area contributed by atoms with Crippen LogP contribution in [0.15, 0.2) is 36.4 Å². The van der Waals surface area contributed by atoms with Crippen molar-refractivity contribution in [2.24, 2.45) is 0 Å². The van der Waals surface area contributed by atoms with Gasteiger partial charge in [0, 0.05) is 25.1 Å². The smallest absolute Gasteiger partial charge is 0.271 e. The van der Waals surface area contributed by atoms with Crippen LogP contribution in [0.1, 0.15) is 24.0 Å². The Morgan fingerprint density at radius 3 is 2.52 bits per heavy atom. The monoisotopic (exact) mass is 439 g/mol. The zero-order valence-corrected chi connectivity index (χ0v) is 17.9. The van der Waals surface area contributed by atoms with Gasteiger partial charge in [0.2, 0.25) is 15.9 Å². The predicted molar refractivity (Wildman–Crippen MR) is 114 cm³/mol. The normalized spacial score (nSPS) is 11.2. The summed E-state index contributed by atoms with van der Waals surface area (Å²) >= 11 is 5.98. The van der Waals surface area contributed by atoms with Crippen LogP contribution in [0, 0.1) is 24.0 Å². The first-order valence-electron chi connectivity index (χ1n) is 8.78. The van der Waals surface area contributed by atoms with Crippen LogP contribution in [0.5, 0.6) is 0 Å². The van der Waals surface area contributed by atoms with Gasteiger partial charge in [0.25, 0.3) is 5.69 Å². The molecule has 0 heterocycles. The molecule has 0 spiro atoms. The largest absolute Gasteiger partial charge is 0.325 e. The van der Waals surface area contributed by atoms with Crippen LogP contribution in [0.25, 0.3) is 0 Å². The minimum absolute atomic E-state index is 0.0237. The minimum atomic E-state index is -3.53. The summed E-state index contributed by atoms with van der Waals surface area (Å²) in [6.45, 7) is 3.82. The number of aryl methyl sites for hydroxylation is 2. The summed E-state index contributed by atoms with van der Waals surface area (Å²) < 4.78 is 25.8. The lowest BCUT2D eigenvalue weighted by Crippen LogP contribution is -2.32. The second kappa shape index (κ2) is 9.23. The van der Waals surface area contributed by atoms with E-state index >= 15 is 0 Å². The molecule has 0 aliphatic rings. The van der Waals surface area contributed by atoms with Crippen molar-refractivity contribution in [1.29, 1.82) is 0 Å². The van der Waals surface area contributed by atoms with Gasteiger partial charge >= 0.3 is 0 Å². The van der Waals surface area contributed by atoms with Gasteiger partial charge < -0.3 is 5.32 Å². The van der Waals surface area contributed by atoms with Gasteiger partial charge in [0.05, 0.1) is 27.6 Å². The molecule has 8 nitrogen and oxygen atoms in total. The third kappa shape index (κ3) is 6.16. The van der Waals surface area contributed by atoms with Crippen molar-refractivity contribution < 1.29 is 18.1 Å². The van der Waals surface area contributed by atoms with E-state index in [1.54, 1.807) is 6.07 Å². The highest BCUT2D eigenvalue weighted by molar-refractivity contribution is 7.92. The number of non-ortho nitro benzene ring substituents is 1. The molecule has 0 unspecified atom stereocenters. The molecule has 0 radical (unpaired) electrons. The van der Waals surface area contributed by atoms with Gasteiger partial charge in [-0.3, -0.25) is 19.2 Å². The standard InChI is InChI=1S/C19H22ClN3O5S/c1-13-6-7-14(2)18(11-13)22(29(3,27)28)10-4-5-19(24)21-17-12-15(23(25)26)8-9-16(17)20/h6-9,11-12H,4-5,10H2,1-3H3,(H,21,24). The molecule has 29 heavy (non-hydrogen) atoms. The van der Waals surface area contributed by atoms with Gasteiger partial charge in [0.15, 0.2) is 0 Å². The fraction of sp³-hybridized carbons (Fsp3) is 0.316. The van der Waals surface area contributed by atoms with Gasteiger partial charge in [-0.15, -0.1) is 0 Å². The molecular formula is C19H22ClN3O5S. The molecule has 156 valence electrons. The minimum Gasteiger partial charge on any atom is -0.325 e. The maximum atomic E-state index is 12.3. The quantitative estimate of drug-likeness (QED) is 0.492. The number of carbonyl (C=O) groups excluding carboxylic acids is 1. The number of nitro benzene ring substituents is 1. The number of benzene rings is 2. The predicted octanol–water partition coefficient (Wildman–Crippen LogP) is 4.05. The Labute approximate surface area is 174 Å². The van der Waals surface area contributed by atoms with E-state index in [1.165, 1.54) is 22.5 Å². The third-order valence-electron chi connectivity index (χ3n) is 4.23. The fourth-order valence-corrected chi connectivity index (χ4v) is 3.95. The third-order valence-corrected chi connectivity index (χ3v) is 5.74. The summed E-state index contributed by atoms with van der Waals surface area (Å²) in [5.41, 5.74) is 2.27. The number of sulfonamides is 1. The molecule has 1 amide bonds. The van der Waals surface area contributed by atoms with E-state index in [1.807, 2.05) is 26.0 Å². The molecule has 0 aromatic heterocycles. The molecule has 1 N–H and O–H groups in total. The highest BCUT2D eigenvalue weighted by atomic mass is 35.5. The van der Waals surface area contributed by atoms with Crippen molar-refractivity contribution in [1.82, 2.24) is 0 Å². The first kappa shape index (κ1) is 22.6. The van der Waals surface area contributed by atoms with E-state index in [4.69, 9.17) is 11.6 Å². The molecule has 0 aliphatic heterocycles. The van der Waals surface area contributed by atoms with Crippen LogP contribution in [-0.2, 0) is 14.8 Å². The van der Waals surface area contributed by atoms with Crippen molar-refractivity contribution in [2.75, 3.05) is 22.4 Å². The molecule has 2 aromatic carbocycles. The summed E-state index contributed by atoms with van der Waals surface area (Å²) in [6.07, 6.45) is 1.41. The Bertz CT molecular complexity index is 1040. The first-order valence-corrected chi connectivity index (χ1v) is 11.0. The van der Waals surface area contributed by atoms with Crippen LogP contribution < -0.4 is 9.62 Å². The number of halogens is 1. The SMILES string of the molecule is Cc1ccc(C)c(N(CCCC(=O)Nc2cc([N+](=O)[O-])ccc2Cl)S(C)(=O)=O)c1. The molecule has 0 saturated carbocycles. The topological polar surface area (TPSA) is 110 Å². The maximum absolute atomic E-state index is 12.3. The highest BCUT2D eigenvalue weighted by Gasteiger charge is 2.20. The second-order valence-corrected chi connectivity index (χ2v) is 9.01. The van der Waals surface area contributed by atoms with Gasteiger partial charge in [-0.2, -0.15) is 0 Å². The van der Waals surface area contributed by atoms with Gasteiger partial charge in [-0.1, -0.05) is 23.7 Å². The number of nitrogens with one attached hydrogen (secondary N) is 1. The number of hydrogen-bond donors (Lipinski definition) is 1. The summed E-state index contributed by atoms with van der Waals surface area (Å²) in [7, 11) is -3.53. The molecule has 0 saturated heterocycles. The Balaban J connectivity index is 2.07. The molecule has 0 bridgehead atoms. The van der Waals surface area contributed by atoms with E-state index in [-0.39, 0.29) is 35.8 Å². The number of rotatable bonds is 8. The summed E-state index contributed by atoms with van der Waals surface area (Å²) in [4.78, 5) is 22.5. The summed E-state index contributed by atoms with van der Waals surface area (Å²) in [6, 6.07) is 9.29. The molecule has 2 rings (SSSR count). The number of anilines is 2. The molecule has 2 aromatic rings. The number of nitrogens with zero attached hydrogens (tertiary/aromatic N) is 2. The van der Waals surface area contributed by atoms with E-state index in [0.29, 0.717) is 5.69 Å². The molecular weight excluding hydrogens is 418 g/mol. The lowest BCUT2D eigenvalue weighted by atomic mass is 10.1. The van der Waals surface area contributed by atoms with Crippen LogP contribution in [0.2, 0.25) is 5.02 Å². The van der Waals surface area contributed by atoms with Crippen LogP contribution >= 0.6 is 11.6 Å². The van der Waals surface area contributed by atoms with Crippen molar-refractivity contribution in [2.45, 2.75) is 26.7 Å². The molecule has 0 aliphatic carbocycles. The van der Waals surface area contributed by atoms with Crippen molar-refractivity contribution >= 4 is 44.6 Å². The lowest BCUT2D eigenvalue weighted by molar-refractivity contribution is -0.384. The fourth-order valence-electron chi connectivity index (χ4n) is 2.77. The molecule has 10 heteroatoms. The van der Waals surface area contributed by atoms with E-state index < -0.39 is 20.9 Å². The van der Waals surface area contributed by atoms with Gasteiger partial charge in [0.1, 0.15) is 0 Å². The molecule has 0 atom stereocenters. The Kier molecular flexibility index (Phi) is 7.21. The van der Waals surface area contributed by atoms with E-state index in [2.05, 4.69) is 5.32 Å². The van der Waals surface area contributed by atoms with Crippen LogP contribution in [-0.4, -0.2) is 32.0 Å². The van der Waals surface area contributed by atoms with Crippen molar-refractivity contribution in [3.05, 3.63) is 62.7 Å². The van der Waals surface area contributed by atoms with Crippen molar-refractivity contribution in [3.63, 3.8) is 0 Å². The number of amides is 1. The van der Waals surface area contributed by atoms with Crippen LogP contribution in [0.4, 0.5) is 17.1 Å². The Morgan fingerprint density at radius 2 is 1.90 bits per heavy atom. The lowest BCUT2D eigenvalue weighted by Gasteiger charge is -2.24. The van der Waals surface area contributed by atoms with Gasteiger partial charge in [-0.05, 0) is 43.5 Å². The maximum Gasteiger partial charge on any atom is 0.271 e. The first-order chi connectivity index (χ1) is 13.5. The summed E-state index contributed by atoms with van der Waals surface area (Å²) in [5, 5.41) is 13.6. The Morgan fingerprint density at radius 1 is 1.21 bits per heavy atom.